The van der Waals surface area contributed by atoms with Crippen LogP contribution in [-0.2, 0) is 6.42 Å². The molecule has 2 rings (SSSR count). The second kappa shape index (κ2) is 8.28. The van der Waals surface area contributed by atoms with Crippen LogP contribution in [0.5, 0.6) is 11.5 Å². The van der Waals surface area contributed by atoms with Crippen molar-refractivity contribution in [1.29, 1.82) is 0 Å². The summed E-state index contributed by atoms with van der Waals surface area (Å²) in [5.41, 5.74) is 1.11. The van der Waals surface area contributed by atoms with Crippen LogP contribution in [-0.4, -0.2) is 25.4 Å². The molecule has 1 aromatic rings. The Morgan fingerprint density at radius 3 is 2.33 bits per heavy atom. The number of hydrogen-bond acceptors (Lipinski definition) is 3. The molecule has 0 aliphatic heterocycles. The van der Waals surface area contributed by atoms with Crippen LogP contribution in [0.25, 0.3) is 0 Å². The van der Waals surface area contributed by atoms with Gasteiger partial charge in [-0.1, -0.05) is 44.6 Å². The summed E-state index contributed by atoms with van der Waals surface area (Å²) in [6.45, 7) is 0. The molecule has 1 atom stereocenters. The molecule has 0 heterocycles. The molecule has 0 spiro atoms. The van der Waals surface area contributed by atoms with Gasteiger partial charge in [-0.15, -0.1) is 0 Å². The van der Waals surface area contributed by atoms with Gasteiger partial charge < -0.3 is 14.6 Å². The topological polar surface area (TPSA) is 38.7 Å². The highest BCUT2D eigenvalue weighted by atomic mass is 16.5. The van der Waals surface area contributed by atoms with E-state index in [0.29, 0.717) is 12.3 Å². The number of hydrogen-bond donors (Lipinski definition) is 1. The largest absolute Gasteiger partial charge is 0.493 e. The first-order valence-corrected chi connectivity index (χ1v) is 8.12. The second-order valence-corrected chi connectivity index (χ2v) is 6.14. The molecule has 118 valence electrons. The van der Waals surface area contributed by atoms with Crippen molar-refractivity contribution in [3.05, 3.63) is 23.8 Å². The van der Waals surface area contributed by atoms with Gasteiger partial charge in [0.2, 0.25) is 0 Å². The number of aliphatic hydroxyl groups excluding tert-OH is 1. The minimum absolute atomic E-state index is 0.258. The molecule has 1 fully saturated rings. The predicted octanol–water partition coefficient (Wildman–Crippen LogP) is 3.97. The Bertz CT molecular complexity index is 422. The summed E-state index contributed by atoms with van der Waals surface area (Å²) in [7, 11) is 3.28. The molecule has 0 radical (unpaired) electrons. The van der Waals surface area contributed by atoms with Gasteiger partial charge >= 0.3 is 0 Å². The predicted molar refractivity (Wildman–Crippen MR) is 85.1 cm³/mol. The van der Waals surface area contributed by atoms with Crippen LogP contribution in [0, 0.1) is 5.92 Å². The third kappa shape index (κ3) is 4.92. The molecule has 1 unspecified atom stereocenters. The fraction of sp³-hybridized carbons (Fsp3) is 0.667. The third-order valence-corrected chi connectivity index (χ3v) is 4.50. The van der Waals surface area contributed by atoms with Crippen molar-refractivity contribution >= 4 is 0 Å². The third-order valence-electron chi connectivity index (χ3n) is 4.50. The molecule has 1 aliphatic rings. The highest BCUT2D eigenvalue weighted by Gasteiger charge is 2.17. The van der Waals surface area contributed by atoms with E-state index in [2.05, 4.69) is 0 Å². The maximum atomic E-state index is 10.4. The van der Waals surface area contributed by atoms with Crippen LogP contribution < -0.4 is 9.47 Å². The first-order valence-electron chi connectivity index (χ1n) is 8.12. The molecule has 1 N–H and O–H groups in total. The van der Waals surface area contributed by atoms with E-state index in [1.807, 2.05) is 18.2 Å². The summed E-state index contributed by atoms with van der Waals surface area (Å²) >= 11 is 0. The normalized spacial score (nSPS) is 18.0. The zero-order valence-corrected chi connectivity index (χ0v) is 13.3. The molecule has 1 aromatic carbocycles. The summed E-state index contributed by atoms with van der Waals surface area (Å²) in [6.07, 6.45) is 9.30. The highest BCUT2D eigenvalue weighted by molar-refractivity contribution is 5.43. The van der Waals surface area contributed by atoms with Crippen LogP contribution in [0.4, 0.5) is 0 Å². The van der Waals surface area contributed by atoms with Crippen molar-refractivity contribution in [1.82, 2.24) is 0 Å². The van der Waals surface area contributed by atoms with E-state index in [-0.39, 0.29) is 6.10 Å². The average Bonchev–Trinajstić information content (AvgIpc) is 2.75. The highest BCUT2D eigenvalue weighted by Crippen LogP contribution is 2.30. The van der Waals surface area contributed by atoms with E-state index in [4.69, 9.17) is 9.47 Å². The van der Waals surface area contributed by atoms with E-state index in [9.17, 15) is 5.11 Å². The van der Waals surface area contributed by atoms with Crippen molar-refractivity contribution in [2.24, 2.45) is 5.92 Å². The van der Waals surface area contributed by atoms with Crippen molar-refractivity contribution in [3.8, 4) is 11.5 Å². The van der Waals surface area contributed by atoms with Gasteiger partial charge in [0, 0.05) is 0 Å². The molecule has 3 nitrogen and oxygen atoms in total. The molecule has 0 saturated heterocycles. The van der Waals surface area contributed by atoms with Gasteiger partial charge in [0.15, 0.2) is 11.5 Å². The van der Waals surface area contributed by atoms with E-state index < -0.39 is 0 Å². The number of ether oxygens (including phenoxy) is 2. The fourth-order valence-corrected chi connectivity index (χ4v) is 3.35. The van der Waals surface area contributed by atoms with Crippen LogP contribution in [0.15, 0.2) is 18.2 Å². The smallest absolute Gasteiger partial charge is 0.160 e. The van der Waals surface area contributed by atoms with Gasteiger partial charge in [-0.05, 0) is 36.5 Å². The molecule has 0 aromatic heterocycles. The summed E-state index contributed by atoms with van der Waals surface area (Å²) in [4.78, 5) is 0. The van der Waals surface area contributed by atoms with Crippen LogP contribution in [0.3, 0.4) is 0 Å². The maximum absolute atomic E-state index is 10.4. The van der Waals surface area contributed by atoms with Gasteiger partial charge in [0.25, 0.3) is 0 Å². The molecule has 0 amide bonds. The van der Waals surface area contributed by atoms with Crippen LogP contribution in [0.1, 0.15) is 50.5 Å². The summed E-state index contributed by atoms with van der Waals surface area (Å²) in [5, 5.41) is 10.4. The summed E-state index contributed by atoms with van der Waals surface area (Å²) < 4.78 is 10.6. The van der Waals surface area contributed by atoms with Crippen LogP contribution >= 0.6 is 0 Å². The Morgan fingerprint density at radius 2 is 1.71 bits per heavy atom. The molecule has 1 aliphatic carbocycles. The lowest BCUT2D eigenvalue weighted by Gasteiger charge is -2.19. The first kappa shape index (κ1) is 16.2. The number of aliphatic hydroxyl groups is 1. The SMILES string of the molecule is COc1ccc(CC(O)CC2CCCCCC2)cc1OC. The molecular formula is C18H28O3. The zero-order chi connectivity index (χ0) is 15.1. The fourth-order valence-electron chi connectivity index (χ4n) is 3.35. The van der Waals surface area contributed by atoms with E-state index in [0.717, 1.165) is 23.5 Å². The monoisotopic (exact) mass is 292 g/mol. The Labute approximate surface area is 128 Å². The van der Waals surface area contributed by atoms with Crippen molar-refractivity contribution in [3.63, 3.8) is 0 Å². The minimum atomic E-state index is -0.258. The van der Waals surface area contributed by atoms with Crippen molar-refractivity contribution < 1.29 is 14.6 Å². The van der Waals surface area contributed by atoms with Gasteiger partial charge in [0.05, 0.1) is 20.3 Å². The lowest BCUT2D eigenvalue weighted by Crippen LogP contribution is -2.16. The van der Waals surface area contributed by atoms with E-state index >= 15 is 0 Å². The van der Waals surface area contributed by atoms with E-state index in [1.165, 1.54) is 38.5 Å². The van der Waals surface area contributed by atoms with Gasteiger partial charge in [-0.25, -0.2) is 0 Å². The minimum Gasteiger partial charge on any atom is -0.493 e. The van der Waals surface area contributed by atoms with E-state index in [1.54, 1.807) is 14.2 Å². The summed E-state index contributed by atoms with van der Waals surface area (Å²) in [5.74, 6) is 2.17. The summed E-state index contributed by atoms with van der Waals surface area (Å²) in [6, 6.07) is 5.89. The Morgan fingerprint density at radius 1 is 1.05 bits per heavy atom. The Balaban J connectivity index is 1.90. The number of benzene rings is 1. The first-order chi connectivity index (χ1) is 10.2. The second-order valence-electron chi connectivity index (χ2n) is 6.14. The quantitative estimate of drug-likeness (QED) is 0.806. The molecule has 3 heteroatoms. The van der Waals surface area contributed by atoms with Gasteiger partial charge in [-0.3, -0.25) is 0 Å². The lowest BCUT2D eigenvalue weighted by molar-refractivity contribution is 0.137. The molecular weight excluding hydrogens is 264 g/mol. The van der Waals surface area contributed by atoms with Gasteiger partial charge in [-0.2, -0.15) is 0 Å². The standard InChI is InChI=1S/C18H28O3/c1-20-17-10-9-15(13-18(17)21-2)12-16(19)11-14-7-5-3-4-6-8-14/h9-10,13-14,16,19H,3-8,11-12H2,1-2H3. The Hall–Kier alpha value is -1.22. The van der Waals surface area contributed by atoms with Crippen molar-refractivity contribution in [2.45, 2.75) is 57.5 Å². The molecule has 21 heavy (non-hydrogen) atoms. The Kier molecular flexibility index (Phi) is 6.37. The molecule has 1 saturated carbocycles. The average molecular weight is 292 g/mol. The van der Waals surface area contributed by atoms with Crippen molar-refractivity contribution in [2.75, 3.05) is 14.2 Å². The zero-order valence-electron chi connectivity index (χ0n) is 13.3. The lowest BCUT2D eigenvalue weighted by atomic mass is 9.91. The number of rotatable bonds is 6. The molecule has 0 bridgehead atoms. The maximum Gasteiger partial charge on any atom is 0.160 e. The van der Waals surface area contributed by atoms with Gasteiger partial charge in [0.1, 0.15) is 0 Å². The number of methoxy groups -OCH3 is 2. The van der Waals surface area contributed by atoms with Crippen LogP contribution in [0.2, 0.25) is 0 Å².